The van der Waals surface area contributed by atoms with Gasteiger partial charge in [-0.2, -0.15) is 0 Å². The van der Waals surface area contributed by atoms with Crippen molar-refractivity contribution in [1.82, 2.24) is 0 Å². The molecule has 2 rings (SSSR count). The molecule has 0 saturated heterocycles. The highest BCUT2D eigenvalue weighted by molar-refractivity contribution is 7.92. The molecular formula is C15H13F2NO6S. The van der Waals surface area contributed by atoms with E-state index in [1.54, 1.807) is 0 Å². The molecule has 7 nitrogen and oxygen atoms in total. The average Bonchev–Trinajstić information content (AvgIpc) is 2.56. The van der Waals surface area contributed by atoms with Crippen molar-refractivity contribution in [3.05, 3.63) is 47.5 Å². The largest absolute Gasteiger partial charge is 0.493 e. The molecule has 25 heavy (non-hydrogen) atoms. The smallest absolute Gasteiger partial charge is 0.339 e. The standard InChI is InChI=1S/C15H13F2NO6S/c1-23-13-7-9(6-10(15(19)20)14(13)24-2)25(21,22)18-8-3-4-11(16)12(17)5-8/h3-7,18H,1-2H3,(H,19,20). The summed E-state index contributed by atoms with van der Waals surface area (Å²) in [5.74, 6) is -4.07. The fourth-order valence-corrected chi connectivity index (χ4v) is 3.12. The van der Waals surface area contributed by atoms with Gasteiger partial charge in [0.15, 0.2) is 23.1 Å². The number of carboxylic acid groups (broad SMARTS) is 1. The number of anilines is 1. The molecule has 134 valence electrons. The molecule has 10 heteroatoms. The number of sulfonamides is 1. The van der Waals surface area contributed by atoms with Crippen molar-refractivity contribution in [2.45, 2.75) is 4.90 Å². The molecule has 0 spiro atoms. The Hall–Kier alpha value is -2.88. The number of aromatic carboxylic acids is 1. The Labute approximate surface area is 141 Å². The summed E-state index contributed by atoms with van der Waals surface area (Å²) < 4.78 is 62.9. The van der Waals surface area contributed by atoms with Gasteiger partial charge in [0.05, 0.1) is 24.8 Å². The van der Waals surface area contributed by atoms with Crippen molar-refractivity contribution >= 4 is 21.7 Å². The van der Waals surface area contributed by atoms with Gasteiger partial charge in [0.1, 0.15) is 5.56 Å². The van der Waals surface area contributed by atoms with Gasteiger partial charge in [-0.25, -0.2) is 22.0 Å². The van der Waals surface area contributed by atoms with Crippen LogP contribution < -0.4 is 14.2 Å². The maximum Gasteiger partial charge on any atom is 0.339 e. The Balaban J connectivity index is 2.53. The van der Waals surface area contributed by atoms with E-state index in [4.69, 9.17) is 9.47 Å². The first-order valence-corrected chi connectivity index (χ1v) is 8.15. The summed E-state index contributed by atoms with van der Waals surface area (Å²) in [5, 5.41) is 9.22. The summed E-state index contributed by atoms with van der Waals surface area (Å²) in [4.78, 5) is 10.9. The zero-order valence-corrected chi connectivity index (χ0v) is 13.9. The lowest BCUT2D eigenvalue weighted by atomic mass is 10.2. The number of rotatable bonds is 6. The number of carboxylic acids is 1. The van der Waals surface area contributed by atoms with Crippen molar-refractivity contribution in [2.75, 3.05) is 18.9 Å². The van der Waals surface area contributed by atoms with Crippen molar-refractivity contribution < 1.29 is 36.6 Å². The molecule has 0 radical (unpaired) electrons. The number of ether oxygens (including phenoxy) is 2. The predicted octanol–water partition coefficient (Wildman–Crippen LogP) is 2.48. The Morgan fingerprint density at radius 2 is 1.76 bits per heavy atom. The van der Waals surface area contributed by atoms with Crippen molar-refractivity contribution in [3.8, 4) is 11.5 Å². The van der Waals surface area contributed by atoms with Crippen LogP contribution in [0.4, 0.5) is 14.5 Å². The minimum atomic E-state index is -4.29. The minimum absolute atomic E-state index is 0.118. The van der Waals surface area contributed by atoms with Gasteiger partial charge in [-0.1, -0.05) is 0 Å². The Morgan fingerprint density at radius 3 is 2.28 bits per heavy atom. The second-order valence-electron chi connectivity index (χ2n) is 4.75. The van der Waals surface area contributed by atoms with Gasteiger partial charge in [0.2, 0.25) is 0 Å². The lowest BCUT2D eigenvalue weighted by Gasteiger charge is -2.14. The molecule has 0 saturated carbocycles. The average molecular weight is 373 g/mol. The lowest BCUT2D eigenvalue weighted by Crippen LogP contribution is -2.15. The highest BCUT2D eigenvalue weighted by Gasteiger charge is 2.24. The third kappa shape index (κ3) is 3.79. The van der Waals surface area contributed by atoms with E-state index < -0.39 is 38.1 Å². The van der Waals surface area contributed by atoms with Gasteiger partial charge in [-0.3, -0.25) is 4.72 Å². The molecule has 0 bridgehead atoms. The molecule has 0 fully saturated rings. The van der Waals surface area contributed by atoms with Crippen LogP contribution in [-0.4, -0.2) is 33.7 Å². The topological polar surface area (TPSA) is 102 Å². The van der Waals surface area contributed by atoms with Crippen LogP contribution in [0, 0.1) is 11.6 Å². The van der Waals surface area contributed by atoms with E-state index in [9.17, 15) is 27.1 Å². The van der Waals surface area contributed by atoms with Crippen molar-refractivity contribution in [2.24, 2.45) is 0 Å². The van der Waals surface area contributed by atoms with Crippen molar-refractivity contribution in [3.63, 3.8) is 0 Å². The monoisotopic (exact) mass is 373 g/mol. The van der Waals surface area contributed by atoms with E-state index in [-0.39, 0.29) is 17.2 Å². The number of hydrogen-bond donors (Lipinski definition) is 2. The van der Waals surface area contributed by atoms with Gasteiger partial charge in [0, 0.05) is 12.1 Å². The molecule has 2 aromatic rings. The number of benzene rings is 2. The first-order chi connectivity index (χ1) is 11.7. The van der Waals surface area contributed by atoms with Gasteiger partial charge in [0.25, 0.3) is 10.0 Å². The van der Waals surface area contributed by atoms with Gasteiger partial charge >= 0.3 is 5.97 Å². The van der Waals surface area contributed by atoms with E-state index in [1.165, 1.54) is 14.2 Å². The number of hydrogen-bond acceptors (Lipinski definition) is 5. The molecular weight excluding hydrogens is 360 g/mol. The van der Waals surface area contributed by atoms with Crippen LogP contribution in [-0.2, 0) is 10.0 Å². The van der Waals surface area contributed by atoms with E-state index in [0.29, 0.717) is 6.07 Å². The fourth-order valence-electron chi connectivity index (χ4n) is 2.03. The molecule has 0 amide bonds. The second-order valence-corrected chi connectivity index (χ2v) is 6.43. The summed E-state index contributed by atoms with van der Waals surface area (Å²) in [6.45, 7) is 0. The molecule has 0 unspecified atom stereocenters. The van der Waals surface area contributed by atoms with Crippen molar-refractivity contribution in [1.29, 1.82) is 0 Å². The summed E-state index contributed by atoms with van der Waals surface area (Å²) in [7, 11) is -1.88. The minimum Gasteiger partial charge on any atom is -0.493 e. The summed E-state index contributed by atoms with van der Waals surface area (Å²) in [6.07, 6.45) is 0. The van der Waals surface area contributed by atoms with E-state index in [1.807, 2.05) is 4.72 Å². The zero-order valence-electron chi connectivity index (χ0n) is 13.0. The summed E-state index contributed by atoms with van der Waals surface area (Å²) in [6, 6.07) is 4.35. The van der Waals surface area contributed by atoms with Crippen LogP contribution in [0.15, 0.2) is 35.2 Å². The molecule has 0 aliphatic heterocycles. The maximum atomic E-state index is 13.2. The quantitative estimate of drug-likeness (QED) is 0.807. The Kier molecular flexibility index (Phi) is 5.12. The van der Waals surface area contributed by atoms with Gasteiger partial charge in [-0.05, 0) is 18.2 Å². The number of methoxy groups -OCH3 is 2. The van der Waals surface area contributed by atoms with E-state index >= 15 is 0 Å². The highest BCUT2D eigenvalue weighted by Crippen LogP contribution is 2.34. The number of carbonyl (C=O) groups is 1. The first kappa shape index (κ1) is 18.5. The van der Waals surface area contributed by atoms with Crippen LogP contribution >= 0.6 is 0 Å². The molecule has 0 aliphatic carbocycles. The van der Waals surface area contributed by atoms with Gasteiger partial charge < -0.3 is 14.6 Å². The van der Waals surface area contributed by atoms with Crippen LogP contribution in [0.5, 0.6) is 11.5 Å². The van der Waals surface area contributed by atoms with Crippen LogP contribution in [0.25, 0.3) is 0 Å². The molecule has 0 aliphatic rings. The molecule has 2 N–H and O–H groups in total. The molecule has 2 aromatic carbocycles. The highest BCUT2D eigenvalue weighted by atomic mass is 32.2. The molecule has 0 aromatic heterocycles. The third-order valence-electron chi connectivity index (χ3n) is 3.16. The zero-order chi connectivity index (χ0) is 18.8. The van der Waals surface area contributed by atoms with E-state index in [2.05, 4.69) is 0 Å². The van der Waals surface area contributed by atoms with E-state index in [0.717, 1.165) is 24.3 Å². The normalized spacial score (nSPS) is 11.0. The molecule has 0 heterocycles. The van der Waals surface area contributed by atoms with Gasteiger partial charge in [-0.15, -0.1) is 0 Å². The third-order valence-corrected chi connectivity index (χ3v) is 4.53. The SMILES string of the molecule is COc1cc(S(=O)(=O)Nc2ccc(F)c(F)c2)cc(C(=O)O)c1OC. The van der Waals surface area contributed by atoms with Crippen LogP contribution in [0.2, 0.25) is 0 Å². The predicted molar refractivity (Wildman–Crippen MR) is 83.7 cm³/mol. The lowest BCUT2D eigenvalue weighted by molar-refractivity contribution is 0.0692. The maximum absolute atomic E-state index is 13.2. The summed E-state index contributed by atoms with van der Waals surface area (Å²) >= 11 is 0. The second kappa shape index (κ2) is 6.93. The molecule has 0 atom stereocenters. The Morgan fingerprint density at radius 1 is 1.08 bits per heavy atom. The van der Waals surface area contributed by atoms with Crippen LogP contribution in [0.3, 0.4) is 0 Å². The number of nitrogens with one attached hydrogen (secondary N) is 1. The fraction of sp³-hybridized carbons (Fsp3) is 0.133. The number of halogens is 2. The van der Waals surface area contributed by atoms with Crippen LogP contribution in [0.1, 0.15) is 10.4 Å². The Bertz CT molecular complexity index is 930. The first-order valence-electron chi connectivity index (χ1n) is 6.66. The summed E-state index contributed by atoms with van der Waals surface area (Å²) in [5.41, 5.74) is -0.668.